The van der Waals surface area contributed by atoms with E-state index in [0.717, 1.165) is 51.3 Å². The van der Waals surface area contributed by atoms with Crippen LogP contribution in [0.15, 0.2) is 6.33 Å². The van der Waals surface area contributed by atoms with E-state index in [-0.39, 0.29) is 5.60 Å². The lowest BCUT2D eigenvalue weighted by Gasteiger charge is -2.47. The summed E-state index contributed by atoms with van der Waals surface area (Å²) >= 11 is 0. The fourth-order valence-electron chi connectivity index (χ4n) is 3.79. The van der Waals surface area contributed by atoms with Gasteiger partial charge >= 0.3 is 0 Å². The summed E-state index contributed by atoms with van der Waals surface area (Å²) in [7, 11) is 0. The molecule has 2 heterocycles. The van der Waals surface area contributed by atoms with Gasteiger partial charge in [0.25, 0.3) is 0 Å². The molecule has 112 valence electrons. The first-order chi connectivity index (χ1) is 9.71. The second-order valence-corrected chi connectivity index (χ2v) is 6.43. The highest BCUT2D eigenvalue weighted by atomic mass is 16.3. The number of hydrogen-bond acceptors (Lipinski definition) is 4. The second-order valence-electron chi connectivity index (χ2n) is 6.43. The summed E-state index contributed by atoms with van der Waals surface area (Å²) < 4.78 is 2.02. The average molecular weight is 278 g/mol. The van der Waals surface area contributed by atoms with Crippen LogP contribution in [-0.2, 0) is 13.1 Å². The van der Waals surface area contributed by atoms with Crippen LogP contribution in [0.1, 0.15) is 51.3 Å². The monoisotopic (exact) mass is 278 g/mol. The van der Waals surface area contributed by atoms with Crippen molar-refractivity contribution in [3.63, 3.8) is 0 Å². The van der Waals surface area contributed by atoms with Gasteiger partial charge in [0.15, 0.2) is 0 Å². The predicted octanol–water partition coefficient (Wildman–Crippen LogP) is 1.82. The van der Waals surface area contributed by atoms with Crippen molar-refractivity contribution in [3.8, 4) is 0 Å². The van der Waals surface area contributed by atoms with Gasteiger partial charge in [0.1, 0.15) is 12.2 Å². The zero-order chi connectivity index (χ0) is 14.0. The predicted molar refractivity (Wildman–Crippen MR) is 77.1 cm³/mol. The van der Waals surface area contributed by atoms with Crippen molar-refractivity contribution in [2.75, 3.05) is 13.1 Å². The lowest BCUT2D eigenvalue weighted by Crippen LogP contribution is -2.53. The van der Waals surface area contributed by atoms with Crippen molar-refractivity contribution < 1.29 is 5.11 Å². The summed E-state index contributed by atoms with van der Waals surface area (Å²) in [5.41, 5.74) is -0.383. The maximum Gasteiger partial charge on any atom is 0.141 e. The number of likely N-dealkylation sites (tertiary alicyclic amines) is 1. The molecule has 5 heteroatoms. The first-order valence-corrected chi connectivity index (χ1v) is 8.03. The minimum atomic E-state index is -0.383. The van der Waals surface area contributed by atoms with E-state index in [1.807, 2.05) is 4.68 Å². The summed E-state index contributed by atoms with van der Waals surface area (Å²) in [5.74, 6) is 1.51. The average Bonchev–Trinajstić information content (AvgIpc) is 2.87. The van der Waals surface area contributed by atoms with Crippen molar-refractivity contribution in [3.05, 3.63) is 12.2 Å². The summed E-state index contributed by atoms with van der Waals surface area (Å²) in [4.78, 5) is 6.84. The zero-order valence-electron chi connectivity index (χ0n) is 12.5. The Labute approximate surface area is 121 Å². The molecule has 1 N–H and O–H groups in total. The van der Waals surface area contributed by atoms with Crippen LogP contribution in [0, 0.1) is 5.92 Å². The quantitative estimate of drug-likeness (QED) is 0.912. The van der Waals surface area contributed by atoms with Gasteiger partial charge in [-0.25, -0.2) is 9.67 Å². The third-order valence-electron chi connectivity index (χ3n) is 5.01. The van der Waals surface area contributed by atoms with Crippen molar-refractivity contribution in [1.82, 2.24) is 19.7 Å². The number of piperidine rings is 1. The van der Waals surface area contributed by atoms with E-state index >= 15 is 0 Å². The van der Waals surface area contributed by atoms with Crippen LogP contribution in [0.25, 0.3) is 0 Å². The highest BCUT2D eigenvalue weighted by Gasteiger charge is 2.42. The molecule has 1 saturated heterocycles. The van der Waals surface area contributed by atoms with Gasteiger partial charge in [-0.15, -0.1) is 0 Å². The second kappa shape index (κ2) is 5.82. The molecule has 0 amide bonds. The van der Waals surface area contributed by atoms with E-state index in [1.54, 1.807) is 6.33 Å². The largest absolute Gasteiger partial charge is 0.390 e. The topological polar surface area (TPSA) is 54.2 Å². The normalized spacial score (nSPS) is 31.2. The highest BCUT2D eigenvalue weighted by Crippen LogP contribution is 2.39. The zero-order valence-corrected chi connectivity index (χ0v) is 12.5. The molecule has 1 aromatic rings. The molecule has 0 bridgehead atoms. The molecule has 5 nitrogen and oxygen atoms in total. The van der Waals surface area contributed by atoms with Gasteiger partial charge in [0.05, 0.1) is 12.1 Å². The lowest BCUT2D eigenvalue weighted by atomic mass is 9.71. The van der Waals surface area contributed by atoms with Crippen LogP contribution in [-0.4, -0.2) is 43.5 Å². The molecule has 0 radical (unpaired) electrons. The van der Waals surface area contributed by atoms with Crippen molar-refractivity contribution >= 4 is 0 Å². The SMILES string of the molecule is CCCn1ncnc1CN1CCC2(O)CCCCC2C1. The smallest absolute Gasteiger partial charge is 0.141 e. The molecule has 1 saturated carbocycles. The van der Waals surface area contributed by atoms with Crippen LogP contribution in [0.5, 0.6) is 0 Å². The van der Waals surface area contributed by atoms with Crippen molar-refractivity contribution in [2.45, 2.75) is 64.1 Å². The third-order valence-corrected chi connectivity index (χ3v) is 5.01. The Morgan fingerprint density at radius 1 is 1.40 bits per heavy atom. The first kappa shape index (κ1) is 14.0. The molecule has 2 fully saturated rings. The molecular formula is C15H26N4O. The Hall–Kier alpha value is -0.940. The summed E-state index contributed by atoms with van der Waals surface area (Å²) in [5, 5.41) is 15.0. The molecular weight excluding hydrogens is 252 g/mol. The van der Waals surface area contributed by atoms with Crippen LogP contribution in [0.2, 0.25) is 0 Å². The molecule has 2 unspecified atom stereocenters. The van der Waals surface area contributed by atoms with E-state index < -0.39 is 0 Å². The van der Waals surface area contributed by atoms with Gasteiger partial charge in [-0.2, -0.15) is 5.10 Å². The maximum atomic E-state index is 10.7. The molecule has 0 aromatic carbocycles. The molecule has 2 aliphatic rings. The molecule has 1 aliphatic carbocycles. The van der Waals surface area contributed by atoms with Gasteiger partial charge in [-0.05, 0) is 25.7 Å². The summed E-state index contributed by atoms with van der Waals surface area (Å²) in [6.45, 7) is 5.96. The summed E-state index contributed by atoms with van der Waals surface area (Å²) in [6, 6.07) is 0. The van der Waals surface area contributed by atoms with Gasteiger partial charge in [-0.3, -0.25) is 4.90 Å². The van der Waals surface area contributed by atoms with Gasteiger partial charge < -0.3 is 5.11 Å². The van der Waals surface area contributed by atoms with Crippen LogP contribution in [0.4, 0.5) is 0 Å². The third kappa shape index (κ3) is 2.74. The molecule has 20 heavy (non-hydrogen) atoms. The minimum Gasteiger partial charge on any atom is -0.390 e. The minimum absolute atomic E-state index is 0.383. The van der Waals surface area contributed by atoms with Crippen molar-refractivity contribution in [1.29, 1.82) is 0 Å². The van der Waals surface area contributed by atoms with Gasteiger partial charge in [0, 0.05) is 25.6 Å². The van der Waals surface area contributed by atoms with Gasteiger partial charge in [0.2, 0.25) is 0 Å². The molecule has 2 atom stereocenters. The van der Waals surface area contributed by atoms with Crippen molar-refractivity contribution in [2.24, 2.45) is 5.92 Å². The number of hydrogen-bond donors (Lipinski definition) is 1. The maximum absolute atomic E-state index is 10.7. The number of nitrogens with zero attached hydrogens (tertiary/aromatic N) is 4. The number of aryl methyl sites for hydroxylation is 1. The van der Waals surface area contributed by atoms with Crippen LogP contribution in [0.3, 0.4) is 0 Å². The first-order valence-electron chi connectivity index (χ1n) is 8.03. The number of aromatic nitrogens is 3. The van der Waals surface area contributed by atoms with E-state index in [9.17, 15) is 5.11 Å². The van der Waals surface area contributed by atoms with Gasteiger partial charge in [-0.1, -0.05) is 19.8 Å². The van der Waals surface area contributed by atoms with Crippen LogP contribution >= 0.6 is 0 Å². The van der Waals surface area contributed by atoms with E-state index in [1.165, 1.54) is 19.3 Å². The Morgan fingerprint density at radius 3 is 3.15 bits per heavy atom. The molecule has 1 aromatic heterocycles. The number of fused-ring (bicyclic) bond motifs is 1. The molecule has 1 aliphatic heterocycles. The van der Waals surface area contributed by atoms with E-state index in [2.05, 4.69) is 21.9 Å². The molecule has 3 rings (SSSR count). The fourth-order valence-corrected chi connectivity index (χ4v) is 3.79. The molecule has 0 spiro atoms. The Kier molecular flexibility index (Phi) is 4.08. The fraction of sp³-hybridized carbons (Fsp3) is 0.867. The van der Waals surface area contributed by atoms with E-state index in [0.29, 0.717) is 5.92 Å². The lowest BCUT2D eigenvalue weighted by molar-refractivity contribution is -0.0972. The van der Waals surface area contributed by atoms with Crippen LogP contribution < -0.4 is 0 Å². The van der Waals surface area contributed by atoms with E-state index in [4.69, 9.17) is 0 Å². The number of aliphatic hydroxyl groups is 1. The Bertz CT molecular complexity index is 447. The standard InChI is InChI=1S/C15H26N4O/c1-2-8-19-14(16-12-17-19)11-18-9-7-15(20)6-4-3-5-13(15)10-18/h12-13,20H,2-11H2,1H3. The summed E-state index contributed by atoms with van der Waals surface area (Å²) in [6.07, 6.45) is 8.29. The Balaban J connectivity index is 1.63. The Morgan fingerprint density at radius 2 is 2.30 bits per heavy atom. The number of rotatable bonds is 4. The highest BCUT2D eigenvalue weighted by molar-refractivity contribution is 4.97.